The van der Waals surface area contributed by atoms with Crippen LogP contribution in [0.4, 0.5) is 0 Å². The molecular weight excluding hydrogens is 498 g/mol. The van der Waals surface area contributed by atoms with E-state index in [1.165, 1.54) is 17.7 Å². The second-order valence-corrected chi connectivity index (χ2v) is 10.6. The molecule has 0 saturated carbocycles. The largest absolute Gasteiger partial charge is 0.461 e. The predicted molar refractivity (Wildman–Crippen MR) is 147 cm³/mol. The predicted octanol–water partition coefficient (Wildman–Crippen LogP) is 5.54. The van der Waals surface area contributed by atoms with Crippen molar-refractivity contribution in [1.82, 2.24) is 5.32 Å². The van der Waals surface area contributed by atoms with Gasteiger partial charge >= 0.3 is 16.1 Å². The van der Waals surface area contributed by atoms with Crippen LogP contribution in [0.25, 0.3) is 0 Å². The second-order valence-electron chi connectivity index (χ2n) is 9.03. The van der Waals surface area contributed by atoms with E-state index in [2.05, 4.69) is 17.4 Å². The average Bonchev–Trinajstić information content (AvgIpc) is 2.94. The summed E-state index contributed by atoms with van der Waals surface area (Å²) in [4.78, 5) is 12.8. The topological polar surface area (TPSA) is 81.7 Å². The van der Waals surface area contributed by atoms with Gasteiger partial charge < -0.3 is 14.2 Å². The molecule has 38 heavy (non-hydrogen) atoms. The van der Waals surface area contributed by atoms with Crippen LogP contribution in [0.5, 0.6) is 5.75 Å². The number of hydrogen-bond acceptors (Lipinski definition) is 6. The van der Waals surface area contributed by atoms with Crippen molar-refractivity contribution in [2.75, 3.05) is 6.54 Å². The van der Waals surface area contributed by atoms with E-state index in [4.69, 9.17) is 8.92 Å². The molecule has 0 spiro atoms. The molecule has 0 radical (unpaired) electrons. The summed E-state index contributed by atoms with van der Waals surface area (Å²) < 4.78 is 35.8. The molecule has 0 heterocycles. The summed E-state index contributed by atoms with van der Waals surface area (Å²) in [7, 11) is -3.90. The van der Waals surface area contributed by atoms with E-state index < -0.39 is 10.1 Å². The molecule has 6 nitrogen and oxygen atoms in total. The van der Waals surface area contributed by atoms with Gasteiger partial charge in [-0.05, 0) is 59.8 Å². The van der Waals surface area contributed by atoms with Crippen molar-refractivity contribution in [2.24, 2.45) is 5.92 Å². The molecule has 1 N–H and O–H groups in total. The third-order valence-corrected chi connectivity index (χ3v) is 7.25. The maximum Gasteiger partial charge on any atom is 0.339 e. The lowest BCUT2D eigenvalue weighted by Crippen LogP contribution is -2.26. The van der Waals surface area contributed by atoms with Gasteiger partial charge in [-0.2, -0.15) is 8.42 Å². The molecule has 0 aromatic heterocycles. The second kappa shape index (κ2) is 13.6. The van der Waals surface area contributed by atoms with Gasteiger partial charge in [0.25, 0.3) is 0 Å². The molecule has 0 bridgehead atoms. The standard InChI is InChI=1S/C31H31NO5S/c33-31(36-24-27-12-6-2-7-13-27)21-28(23-32-22-26-10-4-1-5-11-26)20-25-16-18-29(19-17-25)37-38(34,35)30-14-8-3-9-15-30/h1-19,28,32H,20-24H2. The lowest BCUT2D eigenvalue weighted by Gasteiger charge is -2.18. The molecular formula is C31H31NO5S. The number of nitrogens with one attached hydrogen (secondary N) is 1. The molecule has 0 amide bonds. The molecule has 4 aromatic carbocycles. The molecule has 0 aliphatic carbocycles. The van der Waals surface area contributed by atoms with E-state index in [-0.39, 0.29) is 35.6 Å². The molecule has 0 fully saturated rings. The van der Waals surface area contributed by atoms with Crippen LogP contribution in [0.2, 0.25) is 0 Å². The zero-order chi connectivity index (χ0) is 26.6. The number of carbonyl (C=O) groups excluding carboxylic acids is 1. The van der Waals surface area contributed by atoms with Gasteiger partial charge in [-0.3, -0.25) is 4.79 Å². The fourth-order valence-electron chi connectivity index (χ4n) is 4.04. The number of rotatable bonds is 13. The monoisotopic (exact) mass is 529 g/mol. The Morgan fingerprint density at radius 1 is 0.711 bits per heavy atom. The first kappa shape index (κ1) is 27.1. The van der Waals surface area contributed by atoms with Crippen molar-refractivity contribution in [1.29, 1.82) is 0 Å². The van der Waals surface area contributed by atoms with Gasteiger partial charge in [-0.15, -0.1) is 0 Å². The van der Waals surface area contributed by atoms with Crippen LogP contribution in [-0.4, -0.2) is 20.9 Å². The van der Waals surface area contributed by atoms with Gasteiger partial charge in [0.05, 0.1) is 0 Å². The number of carbonyl (C=O) groups is 1. The highest BCUT2D eigenvalue weighted by Crippen LogP contribution is 2.21. The molecule has 4 rings (SSSR count). The van der Waals surface area contributed by atoms with Crippen molar-refractivity contribution in [3.8, 4) is 5.75 Å². The van der Waals surface area contributed by atoms with Crippen LogP contribution < -0.4 is 9.50 Å². The summed E-state index contributed by atoms with van der Waals surface area (Å²) in [6.45, 7) is 1.56. The lowest BCUT2D eigenvalue weighted by atomic mass is 9.96. The third kappa shape index (κ3) is 8.57. The molecule has 0 aliphatic rings. The molecule has 1 atom stereocenters. The van der Waals surface area contributed by atoms with Gasteiger partial charge in [-0.25, -0.2) is 0 Å². The van der Waals surface area contributed by atoms with Gasteiger partial charge in [0, 0.05) is 13.0 Å². The fourth-order valence-corrected chi connectivity index (χ4v) is 4.99. The van der Waals surface area contributed by atoms with Crippen LogP contribution in [0.3, 0.4) is 0 Å². The summed E-state index contributed by atoms with van der Waals surface area (Å²) in [5.41, 5.74) is 3.08. The zero-order valence-corrected chi connectivity index (χ0v) is 21.8. The highest BCUT2D eigenvalue weighted by Gasteiger charge is 2.18. The van der Waals surface area contributed by atoms with Crippen molar-refractivity contribution < 1.29 is 22.1 Å². The molecule has 1 unspecified atom stereocenters. The minimum absolute atomic E-state index is 0.0122. The fraction of sp³-hybridized carbons (Fsp3) is 0.194. The Hall–Kier alpha value is -3.94. The van der Waals surface area contributed by atoms with Crippen LogP contribution in [0.1, 0.15) is 23.1 Å². The summed E-state index contributed by atoms with van der Waals surface area (Å²) >= 11 is 0. The van der Waals surface area contributed by atoms with Crippen molar-refractivity contribution in [2.45, 2.75) is 30.9 Å². The van der Waals surface area contributed by atoms with E-state index in [1.807, 2.05) is 60.7 Å². The lowest BCUT2D eigenvalue weighted by molar-refractivity contribution is -0.146. The minimum Gasteiger partial charge on any atom is -0.461 e. The molecule has 7 heteroatoms. The summed E-state index contributed by atoms with van der Waals surface area (Å²) in [6.07, 6.45) is 0.878. The Bertz CT molecular complexity index is 1380. The first-order chi connectivity index (χ1) is 18.5. The quantitative estimate of drug-likeness (QED) is 0.181. The van der Waals surface area contributed by atoms with E-state index in [9.17, 15) is 13.2 Å². The number of esters is 1. The Morgan fingerprint density at radius 2 is 1.29 bits per heavy atom. The van der Waals surface area contributed by atoms with E-state index in [0.717, 1.165) is 11.1 Å². The van der Waals surface area contributed by atoms with Crippen molar-refractivity contribution in [3.05, 3.63) is 132 Å². The van der Waals surface area contributed by atoms with Gasteiger partial charge in [0.1, 0.15) is 17.3 Å². The Labute approximate surface area is 224 Å². The first-order valence-corrected chi connectivity index (χ1v) is 13.9. The summed E-state index contributed by atoms with van der Waals surface area (Å²) in [5.74, 6) is -0.0327. The maximum absolute atomic E-state index is 12.7. The third-order valence-electron chi connectivity index (χ3n) is 5.99. The Kier molecular flexibility index (Phi) is 9.67. The molecule has 0 aliphatic heterocycles. The van der Waals surface area contributed by atoms with E-state index >= 15 is 0 Å². The van der Waals surface area contributed by atoms with Crippen LogP contribution in [0, 0.1) is 5.92 Å². The average molecular weight is 530 g/mol. The minimum atomic E-state index is -3.90. The van der Waals surface area contributed by atoms with E-state index in [1.54, 1.807) is 30.3 Å². The maximum atomic E-state index is 12.7. The first-order valence-electron chi connectivity index (χ1n) is 12.5. The van der Waals surface area contributed by atoms with E-state index in [0.29, 0.717) is 19.5 Å². The number of ether oxygens (including phenoxy) is 1. The molecule has 196 valence electrons. The Morgan fingerprint density at radius 3 is 1.92 bits per heavy atom. The summed E-state index contributed by atoms with van der Waals surface area (Å²) in [6, 6.07) is 34.6. The van der Waals surface area contributed by atoms with Crippen LogP contribution in [-0.2, 0) is 39.2 Å². The van der Waals surface area contributed by atoms with Crippen molar-refractivity contribution in [3.63, 3.8) is 0 Å². The highest BCUT2D eigenvalue weighted by atomic mass is 32.2. The highest BCUT2D eigenvalue weighted by molar-refractivity contribution is 7.87. The SMILES string of the molecule is O=C(CC(CNCc1ccccc1)Cc1ccc(OS(=O)(=O)c2ccccc2)cc1)OCc1ccccc1. The number of hydrogen-bond donors (Lipinski definition) is 1. The molecule has 0 saturated heterocycles. The number of benzene rings is 4. The summed E-state index contributed by atoms with van der Waals surface area (Å²) in [5, 5.41) is 3.45. The normalized spacial score (nSPS) is 12.0. The van der Waals surface area contributed by atoms with Crippen molar-refractivity contribution >= 4 is 16.1 Å². The van der Waals surface area contributed by atoms with Gasteiger partial charge in [-0.1, -0.05) is 91.0 Å². The molecule has 4 aromatic rings. The Balaban J connectivity index is 1.37. The smallest absolute Gasteiger partial charge is 0.339 e. The van der Waals surface area contributed by atoms with Gasteiger partial charge in [0.15, 0.2) is 0 Å². The van der Waals surface area contributed by atoms with Gasteiger partial charge in [0.2, 0.25) is 0 Å². The zero-order valence-electron chi connectivity index (χ0n) is 21.0. The van der Waals surface area contributed by atoms with Crippen LogP contribution in [0.15, 0.2) is 120 Å². The van der Waals surface area contributed by atoms with Crippen LogP contribution >= 0.6 is 0 Å².